The normalized spacial score (nSPS) is 13.2. The first-order valence-corrected chi connectivity index (χ1v) is 9.52. The smallest absolute Gasteiger partial charge is 0.253 e. The second-order valence-corrected chi connectivity index (χ2v) is 6.99. The monoisotopic (exact) mass is 402 g/mol. The second-order valence-electron chi connectivity index (χ2n) is 5.15. The zero-order valence-electron chi connectivity index (χ0n) is 13.6. The number of halogens is 1. The average Bonchev–Trinajstić information content (AvgIpc) is 2.51. The van der Waals surface area contributed by atoms with Crippen molar-refractivity contribution >= 4 is 39.5 Å². The highest BCUT2D eigenvalue weighted by molar-refractivity contribution is 9.10. The Kier molecular flexibility index (Phi) is 9.28. The molecule has 0 saturated heterocycles. The number of amides is 2. The minimum atomic E-state index is -0.568. The molecule has 0 fully saturated rings. The fourth-order valence-electron chi connectivity index (χ4n) is 2.02. The van der Waals surface area contributed by atoms with Gasteiger partial charge < -0.3 is 15.4 Å². The van der Waals surface area contributed by atoms with Gasteiger partial charge in [0.05, 0.1) is 12.2 Å². The predicted octanol–water partition coefficient (Wildman–Crippen LogP) is 2.45. The fraction of sp³-hybridized carbons (Fsp3) is 0.500. The number of ether oxygens (including phenoxy) is 1. The van der Waals surface area contributed by atoms with Crippen LogP contribution in [0.3, 0.4) is 0 Å². The zero-order valence-corrected chi connectivity index (χ0v) is 16.0. The maximum Gasteiger partial charge on any atom is 0.253 e. The summed E-state index contributed by atoms with van der Waals surface area (Å²) in [4.78, 5) is 24.8. The van der Waals surface area contributed by atoms with Crippen LogP contribution < -0.4 is 10.6 Å². The molecule has 1 aromatic carbocycles. The van der Waals surface area contributed by atoms with E-state index in [4.69, 9.17) is 4.74 Å². The van der Waals surface area contributed by atoms with Crippen molar-refractivity contribution in [1.82, 2.24) is 10.6 Å². The van der Waals surface area contributed by atoms with E-state index < -0.39 is 6.04 Å². The Bertz CT molecular complexity index is 528. The third kappa shape index (κ3) is 6.93. The maximum absolute atomic E-state index is 12.4. The highest BCUT2D eigenvalue weighted by Gasteiger charge is 2.23. The molecule has 1 aromatic rings. The average molecular weight is 403 g/mol. The van der Waals surface area contributed by atoms with Gasteiger partial charge in [0.15, 0.2) is 0 Å². The van der Waals surface area contributed by atoms with Crippen LogP contribution in [0, 0.1) is 0 Å². The van der Waals surface area contributed by atoms with Gasteiger partial charge in [-0.25, -0.2) is 0 Å². The van der Waals surface area contributed by atoms with E-state index in [1.165, 1.54) is 0 Å². The Morgan fingerprint density at radius 1 is 1.30 bits per heavy atom. The van der Waals surface area contributed by atoms with Gasteiger partial charge in [0, 0.05) is 17.6 Å². The lowest BCUT2D eigenvalue weighted by Crippen LogP contribution is -2.50. The zero-order chi connectivity index (χ0) is 17.2. The van der Waals surface area contributed by atoms with E-state index in [0.717, 1.165) is 5.75 Å². The van der Waals surface area contributed by atoms with Crippen LogP contribution in [0.25, 0.3) is 0 Å². The summed E-state index contributed by atoms with van der Waals surface area (Å²) in [5.41, 5.74) is 0.513. The van der Waals surface area contributed by atoms with Crippen LogP contribution in [-0.4, -0.2) is 49.6 Å². The molecule has 0 spiro atoms. The number of hydrogen-bond donors (Lipinski definition) is 2. The molecule has 0 radical (unpaired) electrons. The highest BCUT2D eigenvalue weighted by Crippen LogP contribution is 2.16. The summed E-state index contributed by atoms with van der Waals surface area (Å²) >= 11 is 4.99. The summed E-state index contributed by atoms with van der Waals surface area (Å²) in [5, 5.41) is 5.68. The Balaban J connectivity index is 2.75. The molecule has 0 bridgehead atoms. The molecular formula is C16H23BrN2O3S. The van der Waals surface area contributed by atoms with Crippen LogP contribution >= 0.6 is 27.7 Å². The number of carbonyl (C=O) groups excluding carboxylic acids is 2. The lowest BCUT2D eigenvalue weighted by Gasteiger charge is -2.21. The van der Waals surface area contributed by atoms with Gasteiger partial charge >= 0.3 is 0 Å². The summed E-state index contributed by atoms with van der Waals surface area (Å²) in [7, 11) is 1.59. The van der Waals surface area contributed by atoms with E-state index in [1.54, 1.807) is 37.1 Å². The van der Waals surface area contributed by atoms with E-state index in [2.05, 4.69) is 26.6 Å². The standard InChI is InChI=1S/C16H23BrN2O3S/c1-11(10-22-2)18-16(21)14(8-9-23-3)19-15(20)12-6-4-5-7-13(12)17/h4-7,11,14H,8-10H2,1-3H3,(H,18,21)(H,19,20). The lowest BCUT2D eigenvalue weighted by atomic mass is 10.1. The fourth-order valence-corrected chi connectivity index (χ4v) is 2.96. The molecule has 0 aliphatic rings. The highest BCUT2D eigenvalue weighted by atomic mass is 79.9. The van der Waals surface area contributed by atoms with Gasteiger partial charge in [-0.05, 0) is 53.4 Å². The second kappa shape index (κ2) is 10.7. The van der Waals surface area contributed by atoms with Crippen molar-refractivity contribution < 1.29 is 14.3 Å². The van der Waals surface area contributed by atoms with Gasteiger partial charge in [0.1, 0.15) is 6.04 Å². The Morgan fingerprint density at radius 2 is 2.00 bits per heavy atom. The van der Waals surface area contributed by atoms with Gasteiger partial charge in [0.2, 0.25) is 5.91 Å². The van der Waals surface area contributed by atoms with Crippen molar-refractivity contribution in [1.29, 1.82) is 0 Å². The van der Waals surface area contributed by atoms with Crippen molar-refractivity contribution in [3.8, 4) is 0 Å². The first kappa shape index (κ1) is 20.0. The van der Waals surface area contributed by atoms with Crippen LogP contribution in [0.4, 0.5) is 0 Å². The summed E-state index contributed by atoms with van der Waals surface area (Å²) in [6.07, 6.45) is 2.54. The lowest BCUT2D eigenvalue weighted by molar-refractivity contribution is -0.124. The Labute approximate surface area is 150 Å². The topological polar surface area (TPSA) is 67.4 Å². The van der Waals surface area contributed by atoms with Crippen LogP contribution in [0.5, 0.6) is 0 Å². The molecule has 7 heteroatoms. The van der Waals surface area contributed by atoms with Gasteiger partial charge in [-0.1, -0.05) is 12.1 Å². The number of nitrogens with one attached hydrogen (secondary N) is 2. The number of hydrogen-bond acceptors (Lipinski definition) is 4. The molecule has 128 valence electrons. The summed E-state index contributed by atoms with van der Waals surface area (Å²) in [6.45, 7) is 2.29. The van der Waals surface area contributed by atoms with Crippen molar-refractivity contribution in [2.24, 2.45) is 0 Å². The van der Waals surface area contributed by atoms with Crippen LogP contribution in [0.1, 0.15) is 23.7 Å². The van der Waals surface area contributed by atoms with Crippen molar-refractivity contribution in [2.45, 2.75) is 25.4 Å². The quantitative estimate of drug-likeness (QED) is 0.665. The number of methoxy groups -OCH3 is 1. The predicted molar refractivity (Wildman–Crippen MR) is 97.9 cm³/mol. The molecule has 0 heterocycles. The van der Waals surface area contributed by atoms with E-state index in [9.17, 15) is 9.59 Å². The molecule has 2 unspecified atom stereocenters. The van der Waals surface area contributed by atoms with E-state index in [-0.39, 0.29) is 17.9 Å². The molecule has 5 nitrogen and oxygen atoms in total. The summed E-state index contributed by atoms with van der Waals surface area (Å²) in [5.74, 6) is 0.328. The van der Waals surface area contributed by atoms with E-state index in [1.807, 2.05) is 19.2 Å². The minimum Gasteiger partial charge on any atom is -0.383 e. The van der Waals surface area contributed by atoms with Crippen LogP contribution in [0.2, 0.25) is 0 Å². The van der Waals surface area contributed by atoms with Crippen LogP contribution in [0.15, 0.2) is 28.7 Å². The van der Waals surface area contributed by atoms with Gasteiger partial charge in [-0.15, -0.1) is 0 Å². The molecule has 0 aromatic heterocycles. The molecule has 2 N–H and O–H groups in total. The van der Waals surface area contributed by atoms with Gasteiger partial charge in [-0.2, -0.15) is 11.8 Å². The number of carbonyl (C=O) groups is 2. The van der Waals surface area contributed by atoms with Crippen molar-refractivity contribution in [3.05, 3.63) is 34.3 Å². The maximum atomic E-state index is 12.4. The van der Waals surface area contributed by atoms with Gasteiger partial charge in [0.25, 0.3) is 5.91 Å². The first-order chi connectivity index (χ1) is 11.0. The van der Waals surface area contributed by atoms with E-state index in [0.29, 0.717) is 23.1 Å². The number of thioether (sulfide) groups is 1. The Hall–Kier alpha value is -1.05. The third-order valence-electron chi connectivity index (χ3n) is 3.16. The van der Waals surface area contributed by atoms with Gasteiger partial charge in [-0.3, -0.25) is 9.59 Å². The SMILES string of the molecule is COCC(C)NC(=O)C(CCSC)NC(=O)c1ccccc1Br. The molecular weight excluding hydrogens is 380 g/mol. The summed E-state index contributed by atoms with van der Waals surface area (Å²) in [6, 6.07) is 6.47. The third-order valence-corrected chi connectivity index (χ3v) is 4.49. The molecule has 0 aliphatic heterocycles. The van der Waals surface area contributed by atoms with Crippen molar-refractivity contribution in [2.75, 3.05) is 25.7 Å². The summed E-state index contributed by atoms with van der Waals surface area (Å²) < 4.78 is 5.72. The van der Waals surface area contributed by atoms with Crippen LogP contribution in [-0.2, 0) is 9.53 Å². The first-order valence-electron chi connectivity index (χ1n) is 7.33. The minimum absolute atomic E-state index is 0.107. The molecule has 0 saturated carbocycles. The molecule has 0 aliphatic carbocycles. The number of benzene rings is 1. The van der Waals surface area contributed by atoms with Crippen molar-refractivity contribution in [3.63, 3.8) is 0 Å². The largest absolute Gasteiger partial charge is 0.383 e. The Morgan fingerprint density at radius 3 is 2.61 bits per heavy atom. The number of rotatable bonds is 9. The molecule has 1 rings (SSSR count). The molecule has 2 atom stereocenters. The van der Waals surface area contributed by atoms with E-state index >= 15 is 0 Å². The molecule has 23 heavy (non-hydrogen) atoms. The molecule has 2 amide bonds.